The van der Waals surface area contributed by atoms with Crippen molar-refractivity contribution >= 4 is 33.5 Å². The highest BCUT2D eigenvalue weighted by molar-refractivity contribution is 7.94. The average Bonchev–Trinajstić information content (AvgIpc) is 2.94. The van der Waals surface area contributed by atoms with Gasteiger partial charge in [0.2, 0.25) is 21.9 Å². The Hall–Kier alpha value is -3.01. The van der Waals surface area contributed by atoms with Crippen LogP contribution in [0.3, 0.4) is 0 Å². The highest BCUT2D eigenvalue weighted by Crippen LogP contribution is 2.29. The van der Waals surface area contributed by atoms with Gasteiger partial charge >= 0.3 is 0 Å². The second-order valence-electron chi connectivity index (χ2n) is 7.16. The molecule has 2 aliphatic heterocycles. The summed E-state index contributed by atoms with van der Waals surface area (Å²) in [4.78, 5) is 37.4. The summed E-state index contributed by atoms with van der Waals surface area (Å²) < 4.78 is 25.5. The number of nitrogens with zero attached hydrogens (tertiary/aromatic N) is 5. The van der Waals surface area contributed by atoms with Gasteiger partial charge < -0.3 is 9.80 Å². The highest BCUT2D eigenvalue weighted by Gasteiger charge is 2.42. The Morgan fingerprint density at radius 3 is 2.38 bits per heavy atom. The summed E-state index contributed by atoms with van der Waals surface area (Å²) in [5, 5.41) is 0. The van der Waals surface area contributed by atoms with E-state index in [1.54, 1.807) is 42.4 Å². The van der Waals surface area contributed by atoms with Gasteiger partial charge in [-0.15, -0.1) is 0 Å². The maximum Gasteiger partial charge on any atom is 0.254 e. The predicted molar refractivity (Wildman–Crippen MR) is 107 cm³/mol. The molecule has 2 saturated heterocycles. The van der Waals surface area contributed by atoms with Gasteiger partial charge in [-0.05, 0) is 24.3 Å². The number of hydrogen-bond donors (Lipinski definition) is 0. The first kappa shape index (κ1) is 19.3. The molecule has 0 unspecified atom stereocenters. The summed E-state index contributed by atoms with van der Waals surface area (Å²) >= 11 is 0. The minimum atomic E-state index is -3.71. The minimum absolute atomic E-state index is 0.197. The minimum Gasteiger partial charge on any atom is -0.337 e. The van der Waals surface area contributed by atoms with Crippen LogP contribution in [0.15, 0.2) is 42.7 Å². The summed E-state index contributed by atoms with van der Waals surface area (Å²) in [5.74, 6) is -0.835. The van der Waals surface area contributed by atoms with Gasteiger partial charge in [-0.1, -0.05) is 13.0 Å². The number of rotatable bonds is 3. The summed E-state index contributed by atoms with van der Waals surface area (Å²) in [6.45, 7) is 3.79. The second-order valence-corrected chi connectivity index (χ2v) is 9.02. The zero-order chi connectivity index (χ0) is 20.6. The van der Waals surface area contributed by atoms with Crippen LogP contribution in [0.25, 0.3) is 0 Å². The van der Waals surface area contributed by atoms with Crippen molar-refractivity contribution in [3.8, 4) is 0 Å². The summed E-state index contributed by atoms with van der Waals surface area (Å²) in [5.41, 5.74) is 0.566. The molecule has 0 saturated carbocycles. The van der Waals surface area contributed by atoms with Gasteiger partial charge in [0.25, 0.3) is 5.91 Å². The van der Waals surface area contributed by atoms with Gasteiger partial charge in [0.1, 0.15) is 0 Å². The number of piperazine rings is 1. The number of benzene rings is 1. The first-order chi connectivity index (χ1) is 13.9. The van der Waals surface area contributed by atoms with E-state index in [1.807, 2.05) is 4.90 Å². The predicted octanol–water partition coefficient (Wildman–Crippen LogP) is 0.751. The number of anilines is 2. The van der Waals surface area contributed by atoms with E-state index in [4.69, 9.17) is 0 Å². The van der Waals surface area contributed by atoms with E-state index in [0.29, 0.717) is 37.7 Å². The van der Waals surface area contributed by atoms with Gasteiger partial charge in [0.05, 0.1) is 17.4 Å². The lowest BCUT2D eigenvalue weighted by Gasteiger charge is -2.34. The number of amides is 2. The molecule has 10 heteroatoms. The molecule has 0 aliphatic carbocycles. The first-order valence-electron chi connectivity index (χ1n) is 9.35. The normalized spacial score (nSPS) is 21.5. The van der Waals surface area contributed by atoms with Crippen LogP contribution in [0.1, 0.15) is 17.3 Å². The molecule has 2 aromatic rings. The Bertz CT molecular complexity index is 1040. The third-order valence-corrected chi connectivity index (χ3v) is 6.96. The van der Waals surface area contributed by atoms with E-state index in [0.717, 1.165) is 4.31 Å². The Morgan fingerprint density at radius 2 is 1.76 bits per heavy atom. The number of carbonyl (C=O) groups excluding carboxylic acids is 2. The molecule has 2 fully saturated rings. The van der Waals surface area contributed by atoms with Gasteiger partial charge in [-0.3, -0.25) is 9.59 Å². The van der Waals surface area contributed by atoms with Gasteiger partial charge in [0.15, 0.2) is 0 Å². The topological polar surface area (TPSA) is 104 Å². The fourth-order valence-corrected chi connectivity index (χ4v) is 5.41. The van der Waals surface area contributed by atoms with E-state index in [1.165, 1.54) is 12.1 Å². The van der Waals surface area contributed by atoms with Crippen molar-refractivity contribution in [3.63, 3.8) is 0 Å². The number of sulfonamides is 1. The zero-order valence-corrected chi connectivity index (χ0v) is 16.7. The molecule has 3 heterocycles. The molecule has 0 bridgehead atoms. The Labute approximate surface area is 169 Å². The third-order valence-electron chi connectivity index (χ3n) is 5.09. The lowest BCUT2D eigenvalue weighted by molar-refractivity contribution is -0.119. The summed E-state index contributed by atoms with van der Waals surface area (Å²) in [6.07, 6.45) is 3.36. The molecule has 4 rings (SSSR count). The molecular weight excluding hydrogens is 394 g/mol. The van der Waals surface area contributed by atoms with E-state index in [-0.39, 0.29) is 17.3 Å². The van der Waals surface area contributed by atoms with E-state index in [2.05, 4.69) is 9.97 Å². The fourth-order valence-electron chi connectivity index (χ4n) is 3.60. The van der Waals surface area contributed by atoms with Crippen molar-refractivity contribution in [1.29, 1.82) is 0 Å². The van der Waals surface area contributed by atoms with E-state index >= 15 is 0 Å². The fraction of sp³-hybridized carbons (Fsp3) is 0.368. The number of aromatic nitrogens is 2. The standard InChI is InChI=1S/C19H21N5O4S/c1-14-13-29(27,28)24(17(14)25)16-5-2-4-15(12-16)18(26)22-8-10-23(11-9-22)19-20-6-3-7-21-19/h2-7,12,14H,8-11,13H2,1H3/t14-/m1/s1. The molecular formula is C19H21N5O4S. The van der Waals surface area contributed by atoms with Crippen LogP contribution < -0.4 is 9.21 Å². The lowest BCUT2D eigenvalue weighted by Crippen LogP contribution is -2.49. The second kappa shape index (κ2) is 7.43. The lowest BCUT2D eigenvalue weighted by atomic mass is 10.1. The molecule has 0 radical (unpaired) electrons. The van der Waals surface area contributed by atoms with Crippen LogP contribution >= 0.6 is 0 Å². The maximum absolute atomic E-state index is 12.9. The zero-order valence-electron chi connectivity index (χ0n) is 15.9. The molecule has 152 valence electrons. The number of hydrogen-bond acceptors (Lipinski definition) is 7. The highest BCUT2D eigenvalue weighted by atomic mass is 32.2. The van der Waals surface area contributed by atoms with Crippen LogP contribution in [0.2, 0.25) is 0 Å². The smallest absolute Gasteiger partial charge is 0.254 e. The molecule has 2 aliphatic rings. The van der Waals surface area contributed by atoms with Crippen LogP contribution in [0.4, 0.5) is 11.6 Å². The Morgan fingerprint density at radius 1 is 1.07 bits per heavy atom. The Kier molecular flexibility index (Phi) is 4.95. The third kappa shape index (κ3) is 3.67. The molecule has 1 atom stereocenters. The number of carbonyl (C=O) groups is 2. The van der Waals surface area contributed by atoms with Gasteiger partial charge in [-0.2, -0.15) is 0 Å². The van der Waals surface area contributed by atoms with Gasteiger partial charge in [0, 0.05) is 44.1 Å². The largest absolute Gasteiger partial charge is 0.337 e. The van der Waals surface area contributed by atoms with Crippen LogP contribution in [0, 0.1) is 5.92 Å². The summed E-state index contributed by atoms with van der Waals surface area (Å²) in [7, 11) is -3.71. The average molecular weight is 415 g/mol. The molecule has 9 nitrogen and oxygen atoms in total. The van der Waals surface area contributed by atoms with Crippen molar-refractivity contribution in [2.75, 3.05) is 41.1 Å². The van der Waals surface area contributed by atoms with Crippen molar-refractivity contribution in [2.24, 2.45) is 5.92 Å². The monoisotopic (exact) mass is 415 g/mol. The van der Waals surface area contributed by atoms with E-state index < -0.39 is 21.8 Å². The molecule has 1 aromatic heterocycles. The van der Waals surface area contributed by atoms with Crippen LogP contribution in [-0.4, -0.2) is 67.0 Å². The molecule has 0 spiro atoms. The summed E-state index contributed by atoms with van der Waals surface area (Å²) in [6, 6.07) is 8.00. The molecule has 0 N–H and O–H groups in total. The van der Waals surface area contributed by atoms with Crippen molar-refractivity contribution in [2.45, 2.75) is 6.92 Å². The molecule has 2 amide bonds. The molecule has 29 heavy (non-hydrogen) atoms. The maximum atomic E-state index is 12.9. The van der Waals surface area contributed by atoms with Crippen LogP contribution in [0.5, 0.6) is 0 Å². The Balaban J connectivity index is 1.49. The van der Waals surface area contributed by atoms with E-state index in [9.17, 15) is 18.0 Å². The van der Waals surface area contributed by atoms with Crippen molar-refractivity contribution < 1.29 is 18.0 Å². The van der Waals surface area contributed by atoms with Crippen molar-refractivity contribution in [1.82, 2.24) is 14.9 Å². The van der Waals surface area contributed by atoms with Gasteiger partial charge in [-0.25, -0.2) is 22.7 Å². The first-order valence-corrected chi connectivity index (χ1v) is 11.0. The SMILES string of the molecule is C[C@@H]1CS(=O)(=O)N(c2cccc(C(=O)N3CCN(c4ncccn4)CC3)c2)C1=O. The molecule has 1 aromatic carbocycles. The quantitative estimate of drug-likeness (QED) is 0.729. The van der Waals surface area contributed by atoms with Crippen molar-refractivity contribution in [3.05, 3.63) is 48.3 Å². The van der Waals surface area contributed by atoms with Crippen LogP contribution in [-0.2, 0) is 14.8 Å².